The van der Waals surface area contributed by atoms with Crippen molar-refractivity contribution < 1.29 is 19.0 Å². The first-order valence-corrected chi connectivity index (χ1v) is 5.49. The van der Waals surface area contributed by atoms with Gasteiger partial charge in [0.1, 0.15) is 0 Å². The molecule has 0 unspecified atom stereocenters. The fourth-order valence-corrected chi connectivity index (χ4v) is 1.89. The number of ether oxygens (including phenoxy) is 3. The third-order valence-corrected chi connectivity index (χ3v) is 2.84. The molecule has 0 aromatic carbocycles. The summed E-state index contributed by atoms with van der Waals surface area (Å²) < 4.78 is 16.0. The van der Waals surface area contributed by atoms with E-state index in [2.05, 4.69) is 0 Å². The lowest BCUT2D eigenvalue weighted by Crippen LogP contribution is -2.50. The van der Waals surface area contributed by atoms with Crippen molar-refractivity contribution >= 4 is 5.97 Å². The molecular formula is C11H20O4. The van der Waals surface area contributed by atoms with Crippen LogP contribution < -0.4 is 0 Å². The monoisotopic (exact) mass is 216 g/mol. The van der Waals surface area contributed by atoms with Gasteiger partial charge in [-0.25, -0.2) is 4.79 Å². The maximum Gasteiger partial charge on any atom is 0.340 e. The Balaban J connectivity index is 2.78. The number of esters is 1. The molecule has 0 aromatic rings. The molecule has 0 aromatic heterocycles. The van der Waals surface area contributed by atoms with Crippen LogP contribution in [-0.2, 0) is 19.0 Å². The summed E-state index contributed by atoms with van der Waals surface area (Å²) in [5, 5.41) is 0. The molecular weight excluding hydrogens is 196 g/mol. The number of methoxy groups -OCH3 is 1. The summed E-state index contributed by atoms with van der Waals surface area (Å²) in [5.41, 5.74) is -0.943. The van der Waals surface area contributed by atoms with E-state index in [1.807, 2.05) is 0 Å². The lowest BCUT2D eigenvalue weighted by atomic mass is 9.95. The van der Waals surface area contributed by atoms with Gasteiger partial charge in [-0.1, -0.05) is 0 Å². The Morgan fingerprint density at radius 2 is 2.27 bits per heavy atom. The molecule has 0 radical (unpaired) electrons. The maximum atomic E-state index is 11.8. The highest BCUT2D eigenvalue weighted by Gasteiger charge is 2.45. The van der Waals surface area contributed by atoms with Gasteiger partial charge in [-0.2, -0.15) is 0 Å². The van der Waals surface area contributed by atoms with Gasteiger partial charge in [0.25, 0.3) is 0 Å². The van der Waals surface area contributed by atoms with Gasteiger partial charge in [-0.15, -0.1) is 0 Å². The molecule has 0 saturated carbocycles. The van der Waals surface area contributed by atoms with Gasteiger partial charge in [0.05, 0.1) is 12.7 Å². The van der Waals surface area contributed by atoms with E-state index in [4.69, 9.17) is 14.2 Å². The number of rotatable bonds is 3. The van der Waals surface area contributed by atoms with Gasteiger partial charge in [0, 0.05) is 13.7 Å². The molecule has 2 atom stereocenters. The van der Waals surface area contributed by atoms with Gasteiger partial charge in [0.2, 0.25) is 0 Å². The Kier molecular flexibility index (Phi) is 4.54. The lowest BCUT2D eigenvalue weighted by molar-refractivity contribution is -0.186. The van der Waals surface area contributed by atoms with Gasteiger partial charge in [0.15, 0.2) is 5.60 Å². The second kappa shape index (κ2) is 5.47. The smallest absolute Gasteiger partial charge is 0.340 e. The van der Waals surface area contributed by atoms with E-state index in [1.165, 1.54) is 0 Å². The highest BCUT2D eigenvalue weighted by molar-refractivity contribution is 5.80. The quantitative estimate of drug-likeness (QED) is 0.671. The van der Waals surface area contributed by atoms with Crippen molar-refractivity contribution in [3.63, 3.8) is 0 Å². The average molecular weight is 216 g/mol. The minimum Gasteiger partial charge on any atom is -0.464 e. The number of carbonyl (C=O) groups excluding carboxylic acids is 1. The van der Waals surface area contributed by atoms with E-state index in [-0.39, 0.29) is 12.1 Å². The molecule has 0 amide bonds. The van der Waals surface area contributed by atoms with E-state index in [0.29, 0.717) is 13.2 Å². The first-order valence-electron chi connectivity index (χ1n) is 5.49. The van der Waals surface area contributed by atoms with E-state index in [9.17, 15) is 4.79 Å². The third kappa shape index (κ3) is 2.69. The van der Waals surface area contributed by atoms with Crippen molar-refractivity contribution in [1.29, 1.82) is 0 Å². The molecule has 1 fully saturated rings. The largest absolute Gasteiger partial charge is 0.464 e. The molecule has 1 aliphatic heterocycles. The Labute approximate surface area is 90.9 Å². The van der Waals surface area contributed by atoms with E-state index in [1.54, 1.807) is 21.0 Å². The summed E-state index contributed by atoms with van der Waals surface area (Å²) in [6.07, 6.45) is 2.62. The first kappa shape index (κ1) is 12.5. The number of hydrogen-bond donors (Lipinski definition) is 0. The van der Waals surface area contributed by atoms with Gasteiger partial charge in [-0.05, 0) is 33.1 Å². The summed E-state index contributed by atoms with van der Waals surface area (Å²) in [5.74, 6) is -0.321. The van der Waals surface area contributed by atoms with Crippen molar-refractivity contribution in [3.8, 4) is 0 Å². The topological polar surface area (TPSA) is 44.8 Å². The molecule has 15 heavy (non-hydrogen) atoms. The van der Waals surface area contributed by atoms with Gasteiger partial charge >= 0.3 is 5.97 Å². The van der Waals surface area contributed by atoms with Crippen LogP contribution in [0.15, 0.2) is 0 Å². The molecule has 0 spiro atoms. The minimum absolute atomic E-state index is 0.209. The summed E-state index contributed by atoms with van der Waals surface area (Å²) in [7, 11) is 1.61. The van der Waals surface area contributed by atoms with Crippen molar-refractivity contribution in [3.05, 3.63) is 0 Å². The molecule has 4 heteroatoms. The molecule has 0 bridgehead atoms. The predicted molar refractivity (Wildman–Crippen MR) is 55.6 cm³/mol. The Morgan fingerprint density at radius 1 is 1.53 bits per heavy atom. The lowest BCUT2D eigenvalue weighted by Gasteiger charge is -2.32. The summed E-state index contributed by atoms with van der Waals surface area (Å²) in [4.78, 5) is 11.8. The second-order valence-corrected chi connectivity index (χ2v) is 3.90. The highest BCUT2D eigenvalue weighted by Crippen LogP contribution is 2.27. The summed E-state index contributed by atoms with van der Waals surface area (Å²) >= 11 is 0. The van der Waals surface area contributed by atoms with Crippen LogP contribution in [0.4, 0.5) is 0 Å². The van der Waals surface area contributed by atoms with Crippen molar-refractivity contribution in [2.75, 3.05) is 20.3 Å². The predicted octanol–water partition coefficient (Wildman–Crippen LogP) is 1.52. The van der Waals surface area contributed by atoms with Crippen LogP contribution in [0, 0.1) is 0 Å². The van der Waals surface area contributed by atoms with Crippen LogP contribution in [0.2, 0.25) is 0 Å². The van der Waals surface area contributed by atoms with E-state index >= 15 is 0 Å². The normalized spacial score (nSPS) is 32.1. The maximum absolute atomic E-state index is 11.8. The third-order valence-electron chi connectivity index (χ3n) is 2.84. The standard InChI is InChI=1S/C11H20O4/c1-4-14-10(12)11(2)9(13-3)7-5-6-8-15-11/h9H,4-8H2,1-3H3/t9-,11+/m0/s1. The fraction of sp³-hybridized carbons (Fsp3) is 0.909. The van der Waals surface area contributed by atoms with Crippen LogP contribution in [-0.4, -0.2) is 38.0 Å². The van der Waals surface area contributed by atoms with Crippen molar-refractivity contribution in [2.45, 2.75) is 44.8 Å². The van der Waals surface area contributed by atoms with E-state index in [0.717, 1.165) is 19.3 Å². The Bertz CT molecular complexity index is 217. The zero-order valence-corrected chi connectivity index (χ0v) is 9.75. The average Bonchev–Trinajstić information content (AvgIpc) is 2.41. The molecule has 1 heterocycles. The zero-order chi connectivity index (χ0) is 11.3. The Hall–Kier alpha value is -0.610. The summed E-state index contributed by atoms with van der Waals surface area (Å²) in [6.45, 7) is 4.51. The fourth-order valence-electron chi connectivity index (χ4n) is 1.89. The van der Waals surface area contributed by atoms with Crippen LogP contribution in [0.1, 0.15) is 33.1 Å². The molecule has 1 rings (SSSR count). The van der Waals surface area contributed by atoms with E-state index < -0.39 is 5.60 Å². The number of hydrogen-bond acceptors (Lipinski definition) is 4. The number of carbonyl (C=O) groups is 1. The molecule has 0 aliphatic carbocycles. The molecule has 88 valence electrons. The Morgan fingerprint density at radius 3 is 2.87 bits per heavy atom. The second-order valence-electron chi connectivity index (χ2n) is 3.90. The zero-order valence-electron chi connectivity index (χ0n) is 9.75. The first-order chi connectivity index (χ1) is 7.15. The minimum atomic E-state index is -0.943. The van der Waals surface area contributed by atoms with Gasteiger partial charge < -0.3 is 14.2 Å². The van der Waals surface area contributed by atoms with Crippen LogP contribution in [0.5, 0.6) is 0 Å². The molecule has 1 aliphatic rings. The summed E-state index contributed by atoms with van der Waals surface area (Å²) in [6, 6.07) is 0. The van der Waals surface area contributed by atoms with Crippen molar-refractivity contribution in [1.82, 2.24) is 0 Å². The van der Waals surface area contributed by atoms with Crippen LogP contribution in [0.3, 0.4) is 0 Å². The van der Waals surface area contributed by atoms with Crippen LogP contribution >= 0.6 is 0 Å². The SMILES string of the molecule is CCOC(=O)[C@]1(C)OCCCC[C@@H]1OC. The molecule has 1 saturated heterocycles. The van der Waals surface area contributed by atoms with Gasteiger partial charge in [-0.3, -0.25) is 0 Å². The molecule has 0 N–H and O–H groups in total. The van der Waals surface area contributed by atoms with Crippen molar-refractivity contribution in [2.24, 2.45) is 0 Å². The highest BCUT2D eigenvalue weighted by atomic mass is 16.6. The molecule has 4 nitrogen and oxygen atoms in total. The van der Waals surface area contributed by atoms with Crippen LogP contribution in [0.25, 0.3) is 0 Å².